The van der Waals surface area contributed by atoms with Crippen LogP contribution in [0.25, 0.3) is 11.0 Å². The molecule has 1 heterocycles. The summed E-state index contributed by atoms with van der Waals surface area (Å²) >= 11 is 0. The second-order valence-corrected chi connectivity index (χ2v) is 4.66. The Balaban J connectivity index is 1.83. The van der Waals surface area contributed by atoms with Crippen molar-refractivity contribution in [2.24, 2.45) is 0 Å². The maximum absolute atomic E-state index is 5.69. The fraction of sp³-hybridized carbons (Fsp3) is 0.133. The minimum Gasteiger partial charge on any atom is -0.399 e. The summed E-state index contributed by atoms with van der Waals surface area (Å²) in [5.74, 6) is 0.521. The average molecular weight is 265 g/mol. The third-order valence-electron chi connectivity index (χ3n) is 3.14. The summed E-state index contributed by atoms with van der Waals surface area (Å²) in [7, 11) is 0. The molecule has 5 heteroatoms. The first kappa shape index (κ1) is 12.3. The zero-order chi connectivity index (χ0) is 13.9. The lowest BCUT2D eigenvalue weighted by Gasteiger charge is -2.14. The van der Waals surface area contributed by atoms with Crippen molar-refractivity contribution in [3.8, 4) is 0 Å². The van der Waals surface area contributed by atoms with Gasteiger partial charge in [0, 0.05) is 5.69 Å². The number of hydrogen-bond acceptors (Lipinski definition) is 5. The number of anilines is 2. The van der Waals surface area contributed by atoms with Crippen LogP contribution < -0.4 is 11.1 Å². The van der Waals surface area contributed by atoms with Crippen molar-refractivity contribution in [2.45, 2.75) is 13.0 Å². The number of hydrogen-bond donors (Lipinski definition) is 2. The topological polar surface area (TPSA) is 76.7 Å². The highest BCUT2D eigenvalue weighted by atomic mass is 15.2. The van der Waals surface area contributed by atoms with E-state index in [1.165, 1.54) is 0 Å². The number of rotatable bonds is 3. The molecule has 0 amide bonds. The fourth-order valence-corrected chi connectivity index (χ4v) is 2.00. The molecule has 3 N–H and O–H groups in total. The van der Waals surface area contributed by atoms with Crippen LogP contribution in [0.3, 0.4) is 0 Å². The summed E-state index contributed by atoms with van der Waals surface area (Å²) in [6.45, 7) is 2.05. The first-order valence-corrected chi connectivity index (χ1v) is 6.44. The van der Waals surface area contributed by atoms with Gasteiger partial charge in [-0.15, -0.1) is 10.2 Å². The van der Waals surface area contributed by atoms with Gasteiger partial charge in [-0.3, -0.25) is 0 Å². The highest BCUT2D eigenvalue weighted by molar-refractivity contribution is 5.74. The Hall–Kier alpha value is -2.69. The van der Waals surface area contributed by atoms with Gasteiger partial charge in [-0.05, 0) is 36.8 Å². The second-order valence-electron chi connectivity index (χ2n) is 4.66. The molecule has 1 aromatic heterocycles. The molecule has 0 saturated heterocycles. The van der Waals surface area contributed by atoms with E-state index in [-0.39, 0.29) is 6.04 Å². The SMILES string of the molecule is CC(Nc1nnc2ccccc2n1)c1ccc(N)cc1. The molecule has 3 aromatic rings. The van der Waals surface area contributed by atoms with E-state index in [0.29, 0.717) is 5.95 Å². The lowest BCUT2D eigenvalue weighted by molar-refractivity contribution is 0.849. The van der Waals surface area contributed by atoms with Crippen LogP contribution in [0.1, 0.15) is 18.5 Å². The minimum atomic E-state index is 0.0820. The number of fused-ring (bicyclic) bond motifs is 1. The maximum Gasteiger partial charge on any atom is 0.243 e. The molecular weight excluding hydrogens is 250 g/mol. The zero-order valence-corrected chi connectivity index (χ0v) is 11.1. The van der Waals surface area contributed by atoms with Crippen molar-refractivity contribution >= 4 is 22.7 Å². The normalized spacial score (nSPS) is 12.2. The maximum atomic E-state index is 5.69. The summed E-state index contributed by atoms with van der Waals surface area (Å²) < 4.78 is 0. The Kier molecular flexibility index (Phi) is 3.16. The molecule has 5 nitrogen and oxygen atoms in total. The fourth-order valence-electron chi connectivity index (χ4n) is 2.00. The van der Waals surface area contributed by atoms with E-state index in [0.717, 1.165) is 22.3 Å². The monoisotopic (exact) mass is 265 g/mol. The number of nitrogens with two attached hydrogens (primary N) is 1. The average Bonchev–Trinajstić information content (AvgIpc) is 2.48. The van der Waals surface area contributed by atoms with Crippen LogP contribution in [0, 0.1) is 0 Å². The van der Waals surface area contributed by atoms with E-state index >= 15 is 0 Å². The van der Waals surface area contributed by atoms with Crippen molar-refractivity contribution in [1.29, 1.82) is 0 Å². The van der Waals surface area contributed by atoms with Crippen molar-refractivity contribution in [2.75, 3.05) is 11.1 Å². The molecule has 0 aliphatic carbocycles. The van der Waals surface area contributed by atoms with E-state index in [1.54, 1.807) is 0 Å². The number of nitrogens with one attached hydrogen (secondary N) is 1. The van der Waals surface area contributed by atoms with Gasteiger partial charge < -0.3 is 11.1 Å². The largest absolute Gasteiger partial charge is 0.399 e. The lowest BCUT2D eigenvalue weighted by Crippen LogP contribution is -2.10. The molecule has 3 rings (SSSR count). The molecule has 0 bridgehead atoms. The predicted octanol–water partition coefficient (Wildman–Crippen LogP) is 2.78. The Morgan fingerprint density at radius 1 is 0.950 bits per heavy atom. The first-order valence-electron chi connectivity index (χ1n) is 6.44. The van der Waals surface area contributed by atoms with E-state index in [4.69, 9.17) is 5.73 Å². The molecule has 0 spiro atoms. The van der Waals surface area contributed by atoms with E-state index < -0.39 is 0 Å². The van der Waals surface area contributed by atoms with Gasteiger partial charge in [0.1, 0.15) is 5.52 Å². The van der Waals surface area contributed by atoms with Crippen LogP contribution in [-0.2, 0) is 0 Å². The van der Waals surface area contributed by atoms with E-state index in [1.807, 2.05) is 55.5 Å². The number of nitrogen functional groups attached to an aromatic ring is 1. The molecule has 0 fully saturated rings. The Morgan fingerprint density at radius 2 is 1.65 bits per heavy atom. The van der Waals surface area contributed by atoms with Crippen LogP contribution >= 0.6 is 0 Å². The predicted molar refractivity (Wildman–Crippen MR) is 80.2 cm³/mol. The quantitative estimate of drug-likeness (QED) is 0.712. The molecule has 0 aliphatic heterocycles. The van der Waals surface area contributed by atoms with Crippen molar-refractivity contribution in [3.63, 3.8) is 0 Å². The second kappa shape index (κ2) is 5.13. The van der Waals surface area contributed by atoms with Gasteiger partial charge in [-0.25, -0.2) is 4.98 Å². The Morgan fingerprint density at radius 3 is 2.40 bits per heavy atom. The minimum absolute atomic E-state index is 0.0820. The Bertz CT molecular complexity index is 724. The molecule has 2 aromatic carbocycles. The van der Waals surface area contributed by atoms with E-state index in [2.05, 4.69) is 20.5 Å². The highest BCUT2D eigenvalue weighted by Crippen LogP contribution is 2.18. The highest BCUT2D eigenvalue weighted by Gasteiger charge is 2.08. The molecule has 1 atom stereocenters. The number of nitrogens with zero attached hydrogens (tertiary/aromatic N) is 3. The third kappa shape index (κ3) is 2.51. The zero-order valence-electron chi connectivity index (χ0n) is 11.1. The van der Waals surface area contributed by atoms with Gasteiger partial charge in [0.05, 0.1) is 11.6 Å². The molecule has 1 unspecified atom stereocenters. The van der Waals surface area contributed by atoms with Crippen molar-refractivity contribution < 1.29 is 0 Å². The number of benzene rings is 2. The van der Waals surface area contributed by atoms with Crippen LogP contribution in [0.4, 0.5) is 11.6 Å². The van der Waals surface area contributed by atoms with Gasteiger partial charge >= 0.3 is 0 Å². The summed E-state index contributed by atoms with van der Waals surface area (Å²) in [5.41, 5.74) is 9.18. The number of aromatic nitrogens is 3. The summed E-state index contributed by atoms with van der Waals surface area (Å²) in [6, 6.07) is 15.5. The molecular formula is C15H15N5. The van der Waals surface area contributed by atoms with Crippen LogP contribution in [-0.4, -0.2) is 15.2 Å². The molecule has 0 aliphatic rings. The smallest absolute Gasteiger partial charge is 0.243 e. The van der Waals surface area contributed by atoms with Crippen LogP contribution in [0.5, 0.6) is 0 Å². The Labute approximate surface area is 116 Å². The third-order valence-corrected chi connectivity index (χ3v) is 3.14. The van der Waals surface area contributed by atoms with Gasteiger partial charge in [0.2, 0.25) is 5.95 Å². The van der Waals surface area contributed by atoms with Gasteiger partial charge in [-0.1, -0.05) is 24.3 Å². The van der Waals surface area contributed by atoms with E-state index in [9.17, 15) is 0 Å². The van der Waals surface area contributed by atoms with Crippen LogP contribution in [0.2, 0.25) is 0 Å². The molecule has 20 heavy (non-hydrogen) atoms. The van der Waals surface area contributed by atoms with Crippen molar-refractivity contribution in [1.82, 2.24) is 15.2 Å². The molecule has 100 valence electrons. The van der Waals surface area contributed by atoms with Gasteiger partial charge in [0.25, 0.3) is 0 Å². The molecule has 0 radical (unpaired) electrons. The standard InChI is InChI=1S/C15H15N5/c1-10(11-6-8-12(16)9-7-11)17-15-18-13-4-2-3-5-14(13)19-20-15/h2-10H,16H2,1H3,(H,17,18,20). The summed E-state index contributed by atoms with van der Waals surface area (Å²) in [6.07, 6.45) is 0. The number of para-hydroxylation sites is 1. The first-order chi connectivity index (χ1) is 9.72. The van der Waals surface area contributed by atoms with Gasteiger partial charge in [0.15, 0.2) is 0 Å². The summed E-state index contributed by atoms with van der Waals surface area (Å²) in [5, 5.41) is 11.5. The summed E-state index contributed by atoms with van der Waals surface area (Å²) in [4.78, 5) is 4.45. The molecule has 0 saturated carbocycles. The van der Waals surface area contributed by atoms with Crippen molar-refractivity contribution in [3.05, 3.63) is 54.1 Å². The van der Waals surface area contributed by atoms with Crippen LogP contribution in [0.15, 0.2) is 48.5 Å². The van der Waals surface area contributed by atoms with Gasteiger partial charge in [-0.2, -0.15) is 0 Å². The lowest BCUT2D eigenvalue weighted by atomic mass is 10.1.